The third kappa shape index (κ3) is 4.61. The summed E-state index contributed by atoms with van der Waals surface area (Å²) in [6.07, 6.45) is 0.101. The van der Waals surface area contributed by atoms with Gasteiger partial charge in [0.15, 0.2) is 6.04 Å². The van der Waals surface area contributed by atoms with Gasteiger partial charge in [0, 0.05) is 4.88 Å². The maximum Gasteiger partial charge on any atom is 0.331 e. The van der Waals surface area contributed by atoms with Gasteiger partial charge in [-0.2, -0.15) is 0 Å². The monoisotopic (exact) mass is 305 g/mol. The number of carbonyl (C=O) groups excluding carboxylic acids is 1. The Balaban J connectivity index is 1.82. The van der Waals surface area contributed by atoms with Crippen LogP contribution in [-0.2, 0) is 9.59 Å². The molecule has 0 spiro atoms. The first-order chi connectivity index (χ1) is 10.2. The van der Waals surface area contributed by atoms with Crippen molar-refractivity contribution in [1.29, 1.82) is 0 Å². The van der Waals surface area contributed by atoms with Crippen molar-refractivity contribution in [2.75, 3.05) is 6.61 Å². The van der Waals surface area contributed by atoms with E-state index in [0.29, 0.717) is 10.6 Å². The van der Waals surface area contributed by atoms with Crippen LogP contribution in [0.4, 0.5) is 0 Å². The Hall–Kier alpha value is -2.34. The first-order valence-corrected chi connectivity index (χ1v) is 7.28. The summed E-state index contributed by atoms with van der Waals surface area (Å²) in [5, 5.41) is 13.4. The molecule has 2 N–H and O–H groups in total. The van der Waals surface area contributed by atoms with E-state index in [0.717, 1.165) is 0 Å². The second-order valence-corrected chi connectivity index (χ2v) is 5.24. The number of para-hydroxylation sites is 1. The van der Waals surface area contributed by atoms with Crippen molar-refractivity contribution in [3.8, 4) is 5.75 Å². The van der Waals surface area contributed by atoms with E-state index in [1.165, 1.54) is 11.3 Å². The Morgan fingerprint density at radius 1 is 1.19 bits per heavy atom. The quantitative estimate of drug-likeness (QED) is 0.824. The number of hydrogen-bond acceptors (Lipinski definition) is 4. The largest absolute Gasteiger partial charge is 0.493 e. The van der Waals surface area contributed by atoms with E-state index in [9.17, 15) is 9.59 Å². The summed E-state index contributed by atoms with van der Waals surface area (Å²) in [7, 11) is 0. The number of carboxylic acid groups (broad SMARTS) is 1. The number of rotatable bonds is 7. The minimum Gasteiger partial charge on any atom is -0.493 e. The van der Waals surface area contributed by atoms with Gasteiger partial charge in [-0.1, -0.05) is 24.3 Å². The summed E-state index contributed by atoms with van der Waals surface area (Å²) in [6.45, 7) is 0.201. The van der Waals surface area contributed by atoms with Crippen LogP contribution in [0.5, 0.6) is 5.75 Å². The molecule has 6 heteroatoms. The van der Waals surface area contributed by atoms with E-state index in [1.807, 2.05) is 18.2 Å². The van der Waals surface area contributed by atoms with Crippen molar-refractivity contribution < 1.29 is 19.4 Å². The first kappa shape index (κ1) is 15.1. The molecule has 1 aromatic heterocycles. The second kappa shape index (κ2) is 7.44. The summed E-state index contributed by atoms with van der Waals surface area (Å²) in [5.41, 5.74) is 0. The second-order valence-electron chi connectivity index (χ2n) is 4.27. The van der Waals surface area contributed by atoms with Gasteiger partial charge in [-0.3, -0.25) is 4.79 Å². The molecule has 0 fully saturated rings. The van der Waals surface area contributed by atoms with E-state index in [-0.39, 0.29) is 18.9 Å². The molecular weight excluding hydrogens is 290 g/mol. The topological polar surface area (TPSA) is 75.6 Å². The molecule has 1 amide bonds. The summed E-state index contributed by atoms with van der Waals surface area (Å²) >= 11 is 1.30. The third-order valence-electron chi connectivity index (χ3n) is 2.72. The van der Waals surface area contributed by atoms with Crippen LogP contribution in [0.3, 0.4) is 0 Å². The standard InChI is InChI=1S/C15H15NO4S/c17-13(8-9-20-11-5-2-1-3-6-11)16-14(15(18)19)12-7-4-10-21-12/h1-7,10,14H,8-9H2,(H,16,17)(H,18,19). The fourth-order valence-electron chi connectivity index (χ4n) is 1.72. The predicted molar refractivity (Wildman–Crippen MR) is 79.4 cm³/mol. The molecule has 5 nitrogen and oxygen atoms in total. The van der Waals surface area contributed by atoms with Crippen molar-refractivity contribution in [3.63, 3.8) is 0 Å². The number of nitrogens with one attached hydrogen (secondary N) is 1. The highest BCUT2D eigenvalue weighted by Crippen LogP contribution is 2.19. The fourth-order valence-corrected chi connectivity index (χ4v) is 2.49. The van der Waals surface area contributed by atoms with Gasteiger partial charge in [0.05, 0.1) is 13.0 Å². The molecule has 1 aromatic carbocycles. The van der Waals surface area contributed by atoms with Crippen LogP contribution in [0.15, 0.2) is 47.8 Å². The fraction of sp³-hybridized carbons (Fsp3) is 0.200. The summed E-state index contributed by atoms with van der Waals surface area (Å²) in [6, 6.07) is 11.6. The smallest absolute Gasteiger partial charge is 0.331 e. The molecule has 1 heterocycles. The van der Waals surface area contributed by atoms with Gasteiger partial charge in [0.25, 0.3) is 0 Å². The molecular formula is C15H15NO4S. The normalized spacial score (nSPS) is 11.6. The lowest BCUT2D eigenvalue weighted by Gasteiger charge is -2.13. The molecule has 0 aliphatic heterocycles. The summed E-state index contributed by atoms with van der Waals surface area (Å²) in [5.74, 6) is -0.750. The number of benzene rings is 1. The van der Waals surface area contributed by atoms with Gasteiger partial charge in [-0.05, 0) is 23.6 Å². The van der Waals surface area contributed by atoms with Crippen molar-refractivity contribution in [2.45, 2.75) is 12.5 Å². The van der Waals surface area contributed by atoms with E-state index in [2.05, 4.69) is 5.32 Å². The molecule has 0 aliphatic rings. The van der Waals surface area contributed by atoms with E-state index in [4.69, 9.17) is 9.84 Å². The summed E-state index contributed by atoms with van der Waals surface area (Å²) in [4.78, 5) is 23.6. The van der Waals surface area contributed by atoms with Crippen LogP contribution in [0.25, 0.3) is 0 Å². The minimum absolute atomic E-state index is 0.101. The molecule has 2 aromatic rings. The van der Waals surface area contributed by atoms with Gasteiger partial charge >= 0.3 is 5.97 Å². The van der Waals surface area contributed by atoms with Crippen LogP contribution < -0.4 is 10.1 Å². The SMILES string of the molecule is O=C(CCOc1ccccc1)NC(C(=O)O)c1cccs1. The van der Waals surface area contributed by atoms with Gasteiger partial charge < -0.3 is 15.2 Å². The third-order valence-corrected chi connectivity index (χ3v) is 3.66. The van der Waals surface area contributed by atoms with Crippen LogP contribution >= 0.6 is 11.3 Å². The molecule has 21 heavy (non-hydrogen) atoms. The van der Waals surface area contributed by atoms with Crippen LogP contribution in [0, 0.1) is 0 Å². The van der Waals surface area contributed by atoms with Gasteiger partial charge in [-0.15, -0.1) is 11.3 Å². The molecule has 0 saturated heterocycles. The highest BCUT2D eigenvalue weighted by Gasteiger charge is 2.22. The van der Waals surface area contributed by atoms with E-state index >= 15 is 0 Å². The Kier molecular flexibility index (Phi) is 5.34. The number of amides is 1. The molecule has 1 unspecified atom stereocenters. The molecule has 0 bridgehead atoms. The Labute approximate surface area is 126 Å². The highest BCUT2D eigenvalue weighted by molar-refractivity contribution is 7.10. The average Bonchev–Trinajstić information content (AvgIpc) is 2.99. The lowest BCUT2D eigenvalue weighted by atomic mass is 10.2. The minimum atomic E-state index is -1.07. The molecule has 110 valence electrons. The lowest BCUT2D eigenvalue weighted by Crippen LogP contribution is -2.33. The molecule has 1 atom stereocenters. The maximum atomic E-state index is 11.8. The van der Waals surface area contributed by atoms with E-state index < -0.39 is 12.0 Å². The van der Waals surface area contributed by atoms with Crippen molar-refractivity contribution in [2.24, 2.45) is 0 Å². The number of carbonyl (C=O) groups is 2. The number of carboxylic acids is 1. The van der Waals surface area contributed by atoms with Crippen LogP contribution in [0.2, 0.25) is 0 Å². The molecule has 0 saturated carbocycles. The predicted octanol–water partition coefficient (Wildman–Crippen LogP) is 2.46. The zero-order chi connectivity index (χ0) is 15.1. The highest BCUT2D eigenvalue weighted by atomic mass is 32.1. The number of ether oxygens (including phenoxy) is 1. The molecule has 0 aliphatic carbocycles. The molecule has 0 radical (unpaired) electrons. The van der Waals surface area contributed by atoms with Crippen LogP contribution in [0.1, 0.15) is 17.3 Å². The first-order valence-electron chi connectivity index (χ1n) is 6.40. The Morgan fingerprint density at radius 2 is 1.95 bits per heavy atom. The lowest BCUT2D eigenvalue weighted by molar-refractivity contribution is -0.142. The number of thiophene rings is 1. The number of hydrogen-bond donors (Lipinski definition) is 2. The maximum absolute atomic E-state index is 11.8. The van der Waals surface area contributed by atoms with Gasteiger partial charge in [-0.25, -0.2) is 4.79 Å². The zero-order valence-electron chi connectivity index (χ0n) is 11.2. The summed E-state index contributed by atoms with van der Waals surface area (Å²) < 4.78 is 5.40. The van der Waals surface area contributed by atoms with Crippen molar-refractivity contribution in [3.05, 3.63) is 52.7 Å². The van der Waals surface area contributed by atoms with Gasteiger partial charge in [0.1, 0.15) is 5.75 Å². The van der Waals surface area contributed by atoms with E-state index in [1.54, 1.807) is 29.6 Å². The Morgan fingerprint density at radius 3 is 2.57 bits per heavy atom. The molecule has 2 rings (SSSR count). The number of aliphatic carboxylic acids is 1. The van der Waals surface area contributed by atoms with Crippen molar-refractivity contribution >= 4 is 23.2 Å². The van der Waals surface area contributed by atoms with Gasteiger partial charge in [0.2, 0.25) is 5.91 Å². The zero-order valence-corrected chi connectivity index (χ0v) is 12.0. The average molecular weight is 305 g/mol. The van der Waals surface area contributed by atoms with Crippen LogP contribution in [-0.4, -0.2) is 23.6 Å². The Bertz CT molecular complexity index is 583. The van der Waals surface area contributed by atoms with Crippen molar-refractivity contribution in [1.82, 2.24) is 5.32 Å².